The van der Waals surface area contributed by atoms with Crippen molar-refractivity contribution in [3.05, 3.63) is 28.3 Å². The Balaban J connectivity index is 1.85. The van der Waals surface area contributed by atoms with Crippen molar-refractivity contribution in [1.29, 1.82) is 0 Å². The first-order chi connectivity index (χ1) is 14.1. The predicted molar refractivity (Wildman–Crippen MR) is 116 cm³/mol. The highest BCUT2D eigenvalue weighted by atomic mass is 16.5. The smallest absolute Gasteiger partial charge is 0.306 e. The molecule has 0 saturated carbocycles. The maximum atomic E-state index is 11.7. The summed E-state index contributed by atoms with van der Waals surface area (Å²) in [6.45, 7) is 2.19. The van der Waals surface area contributed by atoms with E-state index in [-0.39, 0.29) is 18.3 Å². The van der Waals surface area contributed by atoms with E-state index in [1.54, 1.807) is 0 Å². The van der Waals surface area contributed by atoms with Gasteiger partial charge in [0.1, 0.15) is 18.6 Å². The van der Waals surface area contributed by atoms with Gasteiger partial charge in [0.2, 0.25) is 5.43 Å². The number of hydrogen-bond donors (Lipinski definition) is 1. The molecule has 1 aromatic rings. The average Bonchev–Trinajstić information content (AvgIpc) is 2.71. The van der Waals surface area contributed by atoms with Crippen LogP contribution < -0.4 is 5.43 Å². The summed E-state index contributed by atoms with van der Waals surface area (Å²) < 4.78 is 10.1. The number of ether oxygens (including phenoxy) is 1. The Morgan fingerprint density at radius 2 is 1.34 bits per heavy atom. The lowest BCUT2D eigenvalue weighted by Crippen LogP contribution is -2.06. The summed E-state index contributed by atoms with van der Waals surface area (Å²) >= 11 is 0. The molecule has 5 nitrogen and oxygen atoms in total. The van der Waals surface area contributed by atoms with Gasteiger partial charge in [-0.2, -0.15) is 0 Å². The van der Waals surface area contributed by atoms with Gasteiger partial charge in [0.15, 0.2) is 5.75 Å². The topological polar surface area (TPSA) is 76.7 Å². The van der Waals surface area contributed by atoms with Crippen LogP contribution in [-0.4, -0.2) is 11.1 Å². The lowest BCUT2D eigenvalue weighted by atomic mass is 10.0. The van der Waals surface area contributed by atoms with Gasteiger partial charge in [-0.05, 0) is 6.42 Å². The quantitative estimate of drug-likeness (QED) is 0.217. The monoisotopic (exact) mass is 408 g/mol. The largest absolute Gasteiger partial charge is 0.502 e. The fourth-order valence-corrected chi connectivity index (χ4v) is 3.38. The standard InChI is InChI=1S/C24H40O5/c1-2-3-4-5-6-7-8-9-10-11-12-13-14-15-16-17-24(27)29-19-21-18-22(25)23(26)20-28-21/h18,20,26H,2-17,19H2,1H3. The Hall–Kier alpha value is -1.78. The zero-order chi connectivity index (χ0) is 21.2. The third kappa shape index (κ3) is 13.9. The first kappa shape index (κ1) is 25.3. The molecule has 0 aliphatic rings. The lowest BCUT2D eigenvalue weighted by Gasteiger charge is -2.05. The van der Waals surface area contributed by atoms with Crippen LogP contribution in [0.2, 0.25) is 0 Å². The first-order valence-corrected chi connectivity index (χ1v) is 11.6. The molecule has 0 saturated heterocycles. The summed E-state index contributed by atoms with van der Waals surface area (Å²) in [6, 6.07) is 1.14. The van der Waals surface area contributed by atoms with Crippen LogP contribution in [0, 0.1) is 0 Å². The molecule has 1 heterocycles. The highest BCUT2D eigenvalue weighted by molar-refractivity contribution is 5.69. The number of carbonyl (C=O) groups excluding carboxylic acids is 1. The van der Waals surface area contributed by atoms with Gasteiger partial charge in [-0.25, -0.2) is 0 Å². The summed E-state index contributed by atoms with van der Waals surface area (Å²) in [5, 5.41) is 9.11. The normalized spacial score (nSPS) is 10.9. The van der Waals surface area contributed by atoms with Gasteiger partial charge in [0.05, 0.1) is 0 Å². The molecule has 0 spiro atoms. The Bertz CT molecular complexity index is 593. The van der Waals surface area contributed by atoms with Crippen LogP contribution in [0.1, 0.15) is 115 Å². The minimum atomic E-state index is -0.537. The zero-order valence-corrected chi connectivity index (χ0v) is 18.3. The van der Waals surface area contributed by atoms with Crippen LogP contribution in [0.15, 0.2) is 21.5 Å². The highest BCUT2D eigenvalue weighted by Crippen LogP contribution is 2.14. The molecule has 0 unspecified atom stereocenters. The molecule has 1 rings (SSSR count). The number of aromatic hydroxyl groups is 1. The maximum absolute atomic E-state index is 11.7. The fraction of sp³-hybridized carbons (Fsp3) is 0.750. The van der Waals surface area contributed by atoms with E-state index in [1.165, 1.54) is 77.0 Å². The van der Waals surface area contributed by atoms with Gasteiger partial charge in [-0.1, -0.05) is 96.8 Å². The van der Waals surface area contributed by atoms with Gasteiger partial charge in [-0.15, -0.1) is 0 Å². The van der Waals surface area contributed by atoms with Crippen molar-refractivity contribution < 1.29 is 19.1 Å². The SMILES string of the molecule is CCCCCCCCCCCCCCCCCC(=O)OCc1cc(=O)c(O)co1. The number of unbranched alkanes of at least 4 members (excludes halogenated alkanes) is 14. The summed E-state index contributed by atoms with van der Waals surface area (Å²) in [5.41, 5.74) is -0.537. The minimum absolute atomic E-state index is 0.0763. The molecule has 0 atom stereocenters. The molecule has 0 aliphatic carbocycles. The van der Waals surface area contributed by atoms with E-state index in [2.05, 4.69) is 6.92 Å². The second-order valence-corrected chi connectivity index (χ2v) is 7.96. The summed E-state index contributed by atoms with van der Waals surface area (Å²) in [6.07, 6.45) is 20.7. The third-order valence-corrected chi connectivity index (χ3v) is 5.23. The van der Waals surface area contributed by atoms with Crippen LogP contribution in [0.5, 0.6) is 5.75 Å². The van der Waals surface area contributed by atoms with Crippen LogP contribution in [0.25, 0.3) is 0 Å². The van der Waals surface area contributed by atoms with E-state index in [0.29, 0.717) is 6.42 Å². The Labute approximate surface area is 175 Å². The summed E-state index contributed by atoms with van der Waals surface area (Å²) in [7, 11) is 0. The molecule has 29 heavy (non-hydrogen) atoms. The van der Waals surface area contributed by atoms with Gasteiger partial charge in [0.25, 0.3) is 0 Å². The van der Waals surface area contributed by atoms with Crippen LogP contribution in [0.3, 0.4) is 0 Å². The second-order valence-electron chi connectivity index (χ2n) is 7.96. The molecule has 166 valence electrons. The molecular formula is C24H40O5. The molecule has 0 bridgehead atoms. The number of rotatable bonds is 18. The average molecular weight is 409 g/mol. The van der Waals surface area contributed by atoms with E-state index < -0.39 is 11.2 Å². The Morgan fingerprint density at radius 1 is 0.862 bits per heavy atom. The van der Waals surface area contributed by atoms with Crippen LogP contribution in [-0.2, 0) is 16.1 Å². The van der Waals surface area contributed by atoms with Gasteiger partial charge in [-0.3, -0.25) is 9.59 Å². The van der Waals surface area contributed by atoms with Crippen molar-refractivity contribution in [2.75, 3.05) is 0 Å². The van der Waals surface area contributed by atoms with Crippen molar-refractivity contribution in [1.82, 2.24) is 0 Å². The minimum Gasteiger partial charge on any atom is -0.502 e. The Kier molecular flexibility index (Phi) is 14.9. The first-order valence-electron chi connectivity index (χ1n) is 11.6. The maximum Gasteiger partial charge on any atom is 0.306 e. The van der Waals surface area contributed by atoms with Gasteiger partial charge >= 0.3 is 5.97 Å². The highest BCUT2D eigenvalue weighted by Gasteiger charge is 2.06. The lowest BCUT2D eigenvalue weighted by molar-refractivity contribution is -0.145. The van der Waals surface area contributed by atoms with Crippen LogP contribution >= 0.6 is 0 Å². The van der Waals surface area contributed by atoms with E-state index in [0.717, 1.165) is 31.6 Å². The van der Waals surface area contributed by atoms with E-state index in [1.807, 2.05) is 0 Å². The van der Waals surface area contributed by atoms with Crippen molar-refractivity contribution in [2.24, 2.45) is 0 Å². The number of carbonyl (C=O) groups is 1. The second kappa shape index (κ2) is 17.1. The zero-order valence-electron chi connectivity index (χ0n) is 18.3. The molecule has 1 aromatic heterocycles. The number of esters is 1. The third-order valence-electron chi connectivity index (χ3n) is 5.23. The molecule has 0 radical (unpaired) electrons. The van der Waals surface area contributed by atoms with Crippen molar-refractivity contribution >= 4 is 5.97 Å². The van der Waals surface area contributed by atoms with Gasteiger partial charge in [0, 0.05) is 12.5 Å². The predicted octanol–water partition coefficient (Wildman–Crippen LogP) is 6.65. The van der Waals surface area contributed by atoms with E-state index >= 15 is 0 Å². The molecule has 0 fully saturated rings. The summed E-state index contributed by atoms with van der Waals surface area (Å²) in [5.74, 6) is -0.494. The number of hydrogen-bond acceptors (Lipinski definition) is 5. The van der Waals surface area contributed by atoms with E-state index in [4.69, 9.17) is 14.3 Å². The molecule has 1 N–H and O–H groups in total. The van der Waals surface area contributed by atoms with E-state index in [9.17, 15) is 9.59 Å². The molecular weight excluding hydrogens is 368 g/mol. The molecule has 0 aliphatic heterocycles. The molecule has 0 amide bonds. The van der Waals surface area contributed by atoms with Crippen LogP contribution in [0.4, 0.5) is 0 Å². The summed E-state index contributed by atoms with van der Waals surface area (Å²) in [4.78, 5) is 23.0. The Morgan fingerprint density at radius 3 is 1.83 bits per heavy atom. The fourth-order valence-electron chi connectivity index (χ4n) is 3.38. The van der Waals surface area contributed by atoms with Crippen molar-refractivity contribution in [2.45, 2.75) is 116 Å². The molecule has 5 heteroatoms. The van der Waals surface area contributed by atoms with Gasteiger partial charge < -0.3 is 14.3 Å². The van der Waals surface area contributed by atoms with Crippen molar-refractivity contribution in [3.8, 4) is 5.75 Å². The molecule has 0 aromatic carbocycles. The van der Waals surface area contributed by atoms with Crippen molar-refractivity contribution in [3.63, 3.8) is 0 Å².